The third-order valence-corrected chi connectivity index (χ3v) is 7.39. The Balaban J connectivity index is 1.44. The molecular weight excluding hydrogens is 494 g/mol. The molecule has 0 bridgehead atoms. The summed E-state index contributed by atoms with van der Waals surface area (Å²) in [6.45, 7) is 4.30. The lowest BCUT2D eigenvalue weighted by molar-refractivity contribution is -0.167. The summed E-state index contributed by atoms with van der Waals surface area (Å²) in [6.07, 6.45) is -0.742. The van der Waals surface area contributed by atoms with Crippen molar-refractivity contribution in [3.63, 3.8) is 0 Å². The standard InChI is InChI=1S/C33H34ClNO3/c1-25-32(37-23-27-15-7-3-8-16-27)33(38-24-28-17-9-4-10-18-28)31(36-22-26-13-5-2-6-14-26)21-35(25)30-20-12-11-19-29(30)34/h2-20,25,31-33H,21-24H2,1H3/t25-,31+,32-,33-/m1/s1. The molecule has 0 saturated carbocycles. The van der Waals surface area contributed by atoms with Crippen molar-refractivity contribution in [2.75, 3.05) is 11.4 Å². The maximum Gasteiger partial charge on any atom is 0.114 e. The molecule has 4 atom stereocenters. The highest BCUT2D eigenvalue weighted by molar-refractivity contribution is 6.33. The lowest BCUT2D eigenvalue weighted by atomic mass is 9.93. The van der Waals surface area contributed by atoms with Gasteiger partial charge < -0.3 is 19.1 Å². The summed E-state index contributed by atoms with van der Waals surface area (Å²) in [5, 5.41) is 0.714. The number of ether oxygens (including phenoxy) is 3. The fraction of sp³-hybridized carbons (Fsp3) is 0.273. The Morgan fingerprint density at radius 1 is 0.605 bits per heavy atom. The molecule has 196 valence electrons. The Morgan fingerprint density at radius 2 is 1.05 bits per heavy atom. The molecule has 1 heterocycles. The molecule has 38 heavy (non-hydrogen) atoms. The smallest absolute Gasteiger partial charge is 0.114 e. The predicted octanol–water partition coefficient (Wildman–Crippen LogP) is 7.30. The number of hydrogen-bond acceptors (Lipinski definition) is 4. The highest BCUT2D eigenvalue weighted by atomic mass is 35.5. The average Bonchev–Trinajstić information content (AvgIpc) is 2.97. The molecule has 5 heteroatoms. The van der Waals surface area contributed by atoms with Gasteiger partial charge in [0, 0.05) is 6.54 Å². The van der Waals surface area contributed by atoms with Crippen LogP contribution in [0.25, 0.3) is 0 Å². The van der Waals surface area contributed by atoms with Crippen LogP contribution in [0.4, 0.5) is 5.69 Å². The number of benzene rings is 4. The molecule has 1 aliphatic heterocycles. The summed E-state index contributed by atoms with van der Waals surface area (Å²) in [6, 6.07) is 38.8. The SMILES string of the molecule is C[C@@H]1[C@@H](OCc2ccccc2)[C@H](OCc2ccccc2)[C@@H](OCc2ccccc2)CN1c1ccccc1Cl. The Hall–Kier alpha value is -3.15. The van der Waals surface area contributed by atoms with Gasteiger partial charge in [0.2, 0.25) is 0 Å². The number of anilines is 1. The van der Waals surface area contributed by atoms with Gasteiger partial charge in [-0.2, -0.15) is 0 Å². The first-order chi connectivity index (χ1) is 18.7. The van der Waals surface area contributed by atoms with E-state index in [4.69, 9.17) is 25.8 Å². The van der Waals surface area contributed by atoms with Crippen molar-refractivity contribution in [1.29, 1.82) is 0 Å². The van der Waals surface area contributed by atoms with Crippen molar-refractivity contribution in [1.82, 2.24) is 0 Å². The van der Waals surface area contributed by atoms with Gasteiger partial charge in [0.05, 0.1) is 36.6 Å². The first-order valence-corrected chi connectivity index (χ1v) is 13.5. The largest absolute Gasteiger partial charge is 0.369 e. The number of halogens is 1. The zero-order valence-corrected chi connectivity index (χ0v) is 22.4. The molecule has 1 aliphatic rings. The van der Waals surface area contributed by atoms with Crippen LogP contribution in [0.3, 0.4) is 0 Å². The number of rotatable bonds is 10. The van der Waals surface area contributed by atoms with Crippen molar-refractivity contribution in [2.24, 2.45) is 0 Å². The van der Waals surface area contributed by atoms with E-state index < -0.39 is 0 Å². The molecule has 0 unspecified atom stereocenters. The molecule has 0 aromatic heterocycles. The molecule has 4 aromatic rings. The van der Waals surface area contributed by atoms with Gasteiger partial charge in [-0.05, 0) is 35.7 Å². The Bertz CT molecular complexity index is 1260. The van der Waals surface area contributed by atoms with Crippen LogP contribution in [0.1, 0.15) is 23.6 Å². The summed E-state index contributed by atoms with van der Waals surface area (Å²) < 4.78 is 19.9. The van der Waals surface area contributed by atoms with Crippen LogP contribution < -0.4 is 4.90 Å². The van der Waals surface area contributed by atoms with E-state index in [1.165, 1.54) is 0 Å². The normalized spacial score (nSPS) is 21.4. The molecule has 0 spiro atoms. The lowest BCUT2D eigenvalue weighted by Crippen LogP contribution is -2.62. The summed E-state index contributed by atoms with van der Waals surface area (Å²) >= 11 is 6.69. The van der Waals surface area contributed by atoms with Crippen LogP contribution in [-0.2, 0) is 34.0 Å². The third kappa shape index (κ3) is 6.64. The van der Waals surface area contributed by atoms with Crippen LogP contribution in [0.2, 0.25) is 5.02 Å². The second-order valence-corrected chi connectivity index (χ2v) is 10.1. The molecule has 1 saturated heterocycles. The summed E-state index contributed by atoms with van der Waals surface area (Å²) in [7, 11) is 0. The van der Waals surface area contributed by atoms with E-state index in [0.29, 0.717) is 31.4 Å². The van der Waals surface area contributed by atoms with Crippen molar-refractivity contribution < 1.29 is 14.2 Å². The first-order valence-electron chi connectivity index (χ1n) is 13.2. The van der Waals surface area contributed by atoms with Gasteiger partial charge in [-0.25, -0.2) is 0 Å². The van der Waals surface area contributed by atoms with Gasteiger partial charge in [-0.3, -0.25) is 0 Å². The maximum atomic E-state index is 6.69. The number of para-hydroxylation sites is 1. The van der Waals surface area contributed by atoms with Gasteiger partial charge in [-0.1, -0.05) is 115 Å². The minimum absolute atomic E-state index is 0.0101. The van der Waals surface area contributed by atoms with E-state index in [-0.39, 0.29) is 24.4 Å². The molecule has 0 N–H and O–H groups in total. The van der Waals surface area contributed by atoms with Gasteiger partial charge >= 0.3 is 0 Å². The van der Waals surface area contributed by atoms with Gasteiger partial charge in [0.15, 0.2) is 0 Å². The van der Waals surface area contributed by atoms with Crippen LogP contribution in [0.5, 0.6) is 0 Å². The van der Waals surface area contributed by atoms with E-state index >= 15 is 0 Å². The number of piperidine rings is 1. The quantitative estimate of drug-likeness (QED) is 0.216. The summed E-state index contributed by atoms with van der Waals surface area (Å²) in [5.74, 6) is 0. The molecule has 0 amide bonds. The van der Waals surface area contributed by atoms with Gasteiger partial charge in [0.1, 0.15) is 18.3 Å². The molecular formula is C33H34ClNO3. The van der Waals surface area contributed by atoms with E-state index in [9.17, 15) is 0 Å². The third-order valence-electron chi connectivity index (χ3n) is 7.07. The molecule has 5 rings (SSSR count). The Morgan fingerprint density at radius 3 is 1.58 bits per heavy atom. The topological polar surface area (TPSA) is 30.9 Å². The zero-order valence-electron chi connectivity index (χ0n) is 21.7. The van der Waals surface area contributed by atoms with Crippen LogP contribution in [-0.4, -0.2) is 30.9 Å². The highest BCUT2D eigenvalue weighted by Crippen LogP contribution is 2.35. The lowest BCUT2D eigenvalue weighted by Gasteiger charge is -2.48. The van der Waals surface area contributed by atoms with Crippen molar-refractivity contribution in [3.05, 3.63) is 137 Å². The molecule has 0 radical (unpaired) electrons. The molecule has 4 aromatic carbocycles. The number of hydrogen-bond donors (Lipinski definition) is 0. The predicted molar refractivity (Wildman–Crippen MR) is 153 cm³/mol. The second-order valence-electron chi connectivity index (χ2n) is 9.70. The minimum atomic E-state index is -0.267. The van der Waals surface area contributed by atoms with Gasteiger partial charge in [-0.15, -0.1) is 0 Å². The molecule has 4 nitrogen and oxygen atoms in total. The molecule has 1 fully saturated rings. The fourth-order valence-corrected chi connectivity index (χ4v) is 5.27. The van der Waals surface area contributed by atoms with E-state index in [1.54, 1.807) is 0 Å². The van der Waals surface area contributed by atoms with E-state index in [2.05, 4.69) is 54.3 Å². The van der Waals surface area contributed by atoms with Gasteiger partial charge in [0.25, 0.3) is 0 Å². The van der Waals surface area contributed by atoms with E-state index in [1.807, 2.05) is 72.8 Å². The fourth-order valence-electron chi connectivity index (χ4n) is 5.02. The van der Waals surface area contributed by atoms with E-state index in [0.717, 1.165) is 22.4 Å². The van der Waals surface area contributed by atoms with Crippen molar-refractivity contribution >= 4 is 17.3 Å². The highest BCUT2D eigenvalue weighted by Gasteiger charge is 2.44. The maximum absolute atomic E-state index is 6.69. The first kappa shape index (κ1) is 26.5. The van der Waals surface area contributed by atoms with Crippen LogP contribution >= 0.6 is 11.6 Å². The summed E-state index contributed by atoms with van der Waals surface area (Å²) in [5.41, 5.74) is 4.35. The van der Waals surface area contributed by atoms with Crippen LogP contribution in [0.15, 0.2) is 115 Å². The van der Waals surface area contributed by atoms with Crippen LogP contribution in [0, 0.1) is 0 Å². The zero-order chi connectivity index (χ0) is 26.2. The summed E-state index contributed by atoms with van der Waals surface area (Å²) in [4.78, 5) is 2.30. The number of nitrogens with zero attached hydrogens (tertiary/aromatic N) is 1. The minimum Gasteiger partial charge on any atom is -0.369 e. The molecule has 0 aliphatic carbocycles. The second kappa shape index (κ2) is 13.1. The monoisotopic (exact) mass is 527 g/mol. The Labute approximate surface area is 230 Å². The Kier molecular flexibility index (Phi) is 9.11. The van der Waals surface area contributed by atoms with Crippen molar-refractivity contribution in [2.45, 2.75) is 51.1 Å². The average molecular weight is 528 g/mol. The van der Waals surface area contributed by atoms with Crippen molar-refractivity contribution in [3.8, 4) is 0 Å².